The van der Waals surface area contributed by atoms with Crippen LogP contribution in [0, 0.1) is 12.7 Å². The Morgan fingerprint density at radius 3 is 2.64 bits per heavy atom. The van der Waals surface area contributed by atoms with Crippen LogP contribution in [0.5, 0.6) is 11.5 Å². The van der Waals surface area contributed by atoms with Gasteiger partial charge in [0.2, 0.25) is 17.6 Å². The number of ether oxygens (including phenoxy) is 2. The molecular weight excluding hydrogens is 365 g/mol. The van der Waals surface area contributed by atoms with Crippen LogP contribution >= 0.6 is 0 Å². The van der Waals surface area contributed by atoms with Crippen LogP contribution in [0.15, 0.2) is 40.9 Å². The maximum absolute atomic E-state index is 13.5. The molecule has 28 heavy (non-hydrogen) atoms. The molecular formula is C20H20FN3O4. The van der Waals surface area contributed by atoms with Gasteiger partial charge in [0.05, 0.1) is 14.2 Å². The van der Waals surface area contributed by atoms with Crippen LogP contribution in [-0.2, 0) is 11.2 Å². The highest BCUT2D eigenvalue weighted by molar-refractivity contribution is 5.90. The lowest BCUT2D eigenvalue weighted by atomic mass is 10.2. The van der Waals surface area contributed by atoms with Gasteiger partial charge in [0, 0.05) is 24.1 Å². The van der Waals surface area contributed by atoms with Gasteiger partial charge in [0.1, 0.15) is 5.82 Å². The van der Waals surface area contributed by atoms with E-state index in [-0.39, 0.29) is 24.6 Å². The number of benzene rings is 2. The third-order valence-corrected chi connectivity index (χ3v) is 4.13. The van der Waals surface area contributed by atoms with Gasteiger partial charge in [0.15, 0.2) is 11.5 Å². The summed E-state index contributed by atoms with van der Waals surface area (Å²) in [4.78, 5) is 16.4. The summed E-state index contributed by atoms with van der Waals surface area (Å²) in [5, 5.41) is 6.58. The molecule has 1 heterocycles. The SMILES string of the molecule is COc1ccc(-c2noc(CCC(=O)Nc3ccc(C)c(F)c3)n2)cc1OC. The number of halogens is 1. The van der Waals surface area contributed by atoms with Crippen LogP contribution in [0.2, 0.25) is 0 Å². The lowest BCUT2D eigenvalue weighted by molar-refractivity contribution is -0.116. The molecule has 0 fully saturated rings. The second-order valence-corrected chi connectivity index (χ2v) is 6.09. The number of aryl methyl sites for hydroxylation is 2. The van der Waals surface area contributed by atoms with E-state index in [9.17, 15) is 9.18 Å². The van der Waals surface area contributed by atoms with E-state index in [1.165, 1.54) is 6.07 Å². The van der Waals surface area contributed by atoms with Crippen molar-refractivity contribution in [1.82, 2.24) is 10.1 Å². The van der Waals surface area contributed by atoms with Crippen molar-refractivity contribution in [1.29, 1.82) is 0 Å². The summed E-state index contributed by atoms with van der Waals surface area (Å²) in [5.74, 6) is 1.23. The van der Waals surface area contributed by atoms with E-state index in [4.69, 9.17) is 14.0 Å². The summed E-state index contributed by atoms with van der Waals surface area (Å²) < 4.78 is 29.2. The summed E-state index contributed by atoms with van der Waals surface area (Å²) in [6.07, 6.45) is 0.392. The molecule has 2 aromatic carbocycles. The van der Waals surface area contributed by atoms with Crippen molar-refractivity contribution < 1.29 is 23.2 Å². The molecule has 1 amide bonds. The number of rotatable bonds is 7. The Balaban J connectivity index is 1.61. The molecule has 0 aliphatic rings. The first-order chi connectivity index (χ1) is 13.5. The summed E-state index contributed by atoms with van der Waals surface area (Å²) in [7, 11) is 3.10. The lowest BCUT2D eigenvalue weighted by Gasteiger charge is -2.07. The molecule has 146 valence electrons. The quantitative estimate of drug-likeness (QED) is 0.666. The third kappa shape index (κ3) is 4.46. The van der Waals surface area contributed by atoms with E-state index >= 15 is 0 Å². The van der Waals surface area contributed by atoms with Gasteiger partial charge in [0.25, 0.3) is 0 Å². The van der Waals surface area contributed by atoms with E-state index < -0.39 is 0 Å². The van der Waals surface area contributed by atoms with Crippen LogP contribution in [0.25, 0.3) is 11.4 Å². The van der Waals surface area contributed by atoms with Crippen LogP contribution in [-0.4, -0.2) is 30.3 Å². The Kier molecular flexibility index (Phi) is 5.88. The number of amides is 1. The van der Waals surface area contributed by atoms with Crippen molar-refractivity contribution in [3.63, 3.8) is 0 Å². The third-order valence-electron chi connectivity index (χ3n) is 4.13. The highest BCUT2D eigenvalue weighted by atomic mass is 19.1. The number of hydrogen-bond donors (Lipinski definition) is 1. The van der Waals surface area contributed by atoms with Crippen molar-refractivity contribution in [2.24, 2.45) is 0 Å². The van der Waals surface area contributed by atoms with Crippen LogP contribution < -0.4 is 14.8 Å². The summed E-state index contributed by atoms with van der Waals surface area (Å²) in [5.41, 5.74) is 1.63. The number of aromatic nitrogens is 2. The minimum atomic E-state index is -0.366. The van der Waals surface area contributed by atoms with Gasteiger partial charge in [-0.2, -0.15) is 4.98 Å². The zero-order valence-corrected chi connectivity index (χ0v) is 15.8. The number of nitrogens with zero attached hydrogens (tertiary/aromatic N) is 2. The second-order valence-electron chi connectivity index (χ2n) is 6.09. The fraction of sp³-hybridized carbons (Fsp3) is 0.250. The van der Waals surface area contributed by atoms with E-state index in [0.717, 1.165) is 0 Å². The minimum absolute atomic E-state index is 0.128. The van der Waals surface area contributed by atoms with Gasteiger partial charge in [-0.1, -0.05) is 11.2 Å². The fourth-order valence-corrected chi connectivity index (χ4v) is 2.56. The normalized spacial score (nSPS) is 10.6. The van der Waals surface area contributed by atoms with Gasteiger partial charge in [-0.15, -0.1) is 0 Å². The fourth-order valence-electron chi connectivity index (χ4n) is 2.56. The lowest BCUT2D eigenvalue weighted by Crippen LogP contribution is -2.12. The molecule has 0 aliphatic carbocycles. The Morgan fingerprint density at radius 1 is 1.14 bits per heavy atom. The average molecular weight is 385 g/mol. The summed E-state index contributed by atoms with van der Waals surface area (Å²) in [6, 6.07) is 9.82. The predicted octanol–water partition coefficient (Wildman–Crippen LogP) is 3.77. The van der Waals surface area contributed by atoms with E-state index in [2.05, 4.69) is 15.5 Å². The van der Waals surface area contributed by atoms with Crippen molar-refractivity contribution in [2.75, 3.05) is 19.5 Å². The van der Waals surface area contributed by atoms with Crippen LogP contribution in [0.3, 0.4) is 0 Å². The number of carbonyl (C=O) groups is 1. The summed E-state index contributed by atoms with van der Waals surface area (Å²) in [6.45, 7) is 1.66. The largest absolute Gasteiger partial charge is 0.493 e. The summed E-state index contributed by atoms with van der Waals surface area (Å²) >= 11 is 0. The first kappa shape index (κ1) is 19.3. The smallest absolute Gasteiger partial charge is 0.227 e. The second kappa shape index (κ2) is 8.51. The van der Waals surface area contributed by atoms with E-state index in [1.54, 1.807) is 51.5 Å². The topological polar surface area (TPSA) is 86.5 Å². The molecule has 0 spiro atoms. The highest BCUT2D eigenvalue weighted by Gasteiger charge is 2.13. The van der Waals surface area contributed by atoms with Crippen molar-refractivity contribution in [3.8, 4) is 22.9 Å². The Hall–Kier alpha value is -3.42. The Labute approximate surface area is 161 Å². The zero-order chi connectivity index (χ0) is 20.1. The van der Waals surface area contributed by atoms with Gasteiger partial charge in [-0.25, -0.2) is 4.39 Å². The molecule has 3 rings (SSSR count). The molecule has 7 nitrogen and oxygen atoms in total. The van der Waals surface area contributed by atoms with E-state index in [1.807, 2.05) is 0 Å². The first-order valence-corrected chi connectivity index (χ1v) is 8.61. The molecule has 0 atom stereocenters. The van der Waals surface area contributed by atoms with Crippen molar-refractivity contribution >= 4 is 11.6 Å². The van der Waals surface area contributed by atoms with Gasteiger partial charge in [-0.05, 0) is 42.8 Å². The number of anilines is 1. The maximum Gasteiger partial charge on any atom is 0.227 e. The van der Waals surface area contributed by atoms with Crippen molar-refractivity contribution in [2.45, 2.75) is 19.8 Å². The first-order valence-electron chi connectivity index (χ1n) is 8.61. The Bertz CT molecular complexity index is 987. The molecule has 1 N–H and O–H groups in total. The molecule has 0 unspecified atom stereocenters. The molecule has 0 saturated carbocycles. The van der Waals surface area contributed by atoms with Gasteiger partial charge < -0.3 is 19.3 Å². The van der Waals surface area contributed by atoms with Gasteiger partial charge in [-0.3, -0.25) is 4.79 Å². The molecule has 0 saturated heterocycles. The number of nitrogens with one attached hydrogen (secondary N) is 1. The molecule has 8 heteroatoms. The number of hydrogen-bond acceptors (Lipinski definition) is 6. The van der Waals surface area contributed by atoms with E-state index in [0.29, 0.717) is 40.0 Å². The molecule has 3 aromatic rings. The monoisotopic (exact) mass is 385 g/mol. The highest BCUT2D eigenvalue weighted by Crippen LogP contribution is 2.31. The zero-order valence-electron chi connectivity index (χ0n) is 15.8. The van der Waals surface area contributed by atoms with Crippen LogP contribution in [0.1, 0.15) is 17.9 Å². The van der Waals surface area contributed by atoms with Crippen LogP contribution in [0.4, 0.5) is 10.1 Å². The standard InChI is InChI=1S/C20H20FN3O4/c1-12-4-6-14(11-15(12)21)22-18(25)8-9-19-23-20(24-28-19)13-5-7-16(26-2)17(10-13)27-3/h4-7,10-11H,8-9H2,1-3H3,(H,22,25). The molecule has 0 bridgehead atoms. The minimum Gasteiger partial charge on any atom is -0.493 e. The molecule has 1 aromatic heterocycles. The molecule has 0 radical (unpaired) electrons. The Morgan fingerprint density at radius 2 is 1.93 bits per heavy atom. The average Bonchev–Trinajstić information content (AvgIpc) is 3.17. The van der Waals surface area contributed by atoms with Gasteiger partial charge >= 0.3 is 0 Å². The number of methoxy groups -OCH3 is 2. The molecule has 0 aliphatic heterocycles. The predicted molar refractivity (Wildman–Crippen MR) is 101 cm³/mol. The number of carbonyl (C=O) groups excluding carboxylic acids is 1. The maximum atomic E-state index is 13.5. The van der Waals surface area contributed by atoms with Crippen molar-refractivity contribution in [3.05, 3.63) is 53.7 Å².